The van der Waals surface area contributed by atoms with Crippen LogP contribution >= 0.6 is 11.3 Å². The van der Waals surface area contributed by atoms with E-state index in [4.69, 9.17) is 5.73 Å². The van der Waals surface area contributed by atoms with E-state index in [-0.39, 0.29) is 22.0 Å². The molecule has 2 N–H and O–H groups in total. The summed E-state index contributed by atoms with van der Waals surface area (Å²) in [7, 11) is 1.44. The Hall–Kier alpha value is -3.59. The number of thiophene rings is 1. The van der Waals surface area contributed by atoms with Gasteiger partial charge in [-0.25, -0.2) is 4.98 Å². The number of aromatic nitrogens is 3. The minimum Gasteiger partial charge on any atom is -0.539 e. The summed E-state index contributed by atoms with van der Waals surface area (Å²) in [6.07, 6.45) is 0.886. The number of fused-ring (bicyclic) bond motifs is 1. The maximum Gasteiger partial charge on any atom is 0.305 e. The first-order chi connectivity index (χ1) is 14.7. The van der Waals surface area contributed by atoms with Crippen molar-refractivity contribution < 1.29 is 23.9 Å². The van der Waals surface area contributed by atoms with E-state index < -0.39 is 11.7 Å². The van der Waals surface area contributed by atoms with Crippen molar-refractivity contribution in [3.05, 3.63) is 51.7 Å². The largest absolute Gasteiger partial charge is 0.539 e. The van der Waals surface area contributed by atoms with Gasteiger partial charge in [0.15, 0.2) is 18.8 Å². The number of nitrogen functional groups attached to an aromatic ring is 1. The van der Waals surface area contributed by atoms with Gasteiger partial charge in [-0.15, -0.1) is 11.3 Å². The standard InChI is InChI=1S/C22H20N4O4S/c1-5-12-6-8-13(9-7-12)15-14(11(3)27)10(2)24-21-16(15)17(23)20(31-21)19(28)18-22(29)30-25-26(18)4/h6-9H,5H2,1-4H3,(H2-,23,25,28,29). The highest BCUT2D eigenvalue weighted by molar-refractivity contribution is 7.21. The average molecular weight is 436 g/mol. The van der Waals surface area contributed by atoms with Crippen molar-refractivity contribution in [1.29, 1.82) is 0 Å². The molecule has 3 heterocycles. The molecule has 0 saturated carbocycles. The Morgan fingerprint density at radius 3 is 2.48 bits per heavy atom. The Morgan fingerprint density at radius 1 is 1.26 bits per heavy atom. The van der Waals surface area contributed by atoms with Crippen molar-refractivity contribution in [1.82, 2.24) is 10.3 Å². The Morgan fingerprint density at radius 2 is 1.94 bits per heavy atom. The summed E-state index contributed by atoms with van der Waals surface area (Å²) in [5.41, 5.74) is 10.0. The maximum atomic E-state index is 13.1. The van der Waals surface area contributed by atoms with E-state index in [1.54, 1.807) is 6.92 Å². The van der Waals surface area contributed by atoms with Crippen molar-refractivity contribution >= 4 is 38.8 Å². The molecule has 0 radical (unpaired) electrons. The zero-order chi connectivity index (χ0) is 22.4. The van der Waals surface area contributed by atoms with E-state index in [0.717, 1.165) is 33.6 Å². The van der Waals surface area contributed by atoms with Crippen LogP contribution in [0, 0.1) is 6.92 Å². The Labute approximate surface area is 181 Å². The first kappa shape index (κ1) is 20.7. The topological polar surface area (TPSA) is 126 Å². The lowest BCUT2D eigenvalue weighted by molar-refractivity contribution is -0.741. The molecule has 0 aliphatic heterocycles. The number of ketones is 2. The van der Waals surface area contributed by atoms with Crippen LogP contribution in [-0.4, -0.2) is 21.8 Å². The number of nitrogens with two attached hydrogens (primary N) is 1. The molecule has 0 bridgehead atoms. The fraction of sp³-hybridized carbons (Fsp3) is 0.227. The average Bonchev–Trinajstić information content (AvgIpc) is 3.25. The second-order valence-electron chi connectivity index (χ2n) is 7.24. The van der Waals surface area contributed by atoms with Crippen molar-refractivity contribution in [2.45, 2.75) is 27.2 Å². The molecular weight excluding hydrogens is 416 g/mol. The zero-order valence-electron chi connectivity index (χ0n) is 17.5. The summed E-state index contributed by atoms with van der Waals surface area (Å²) in [5.74, 6) is -1.58. The van der Waals surface area contributed by atoms with Crippen LogP contribution in [0.25, 0.3) is 21.3 Å². The van der Waals surface area contributed by atoms with Gasteiger partial charge in [0.05, 0.1) is 16.7 Å². The second kappa shape index (κ2) is 7.59. The van der Waals surface area contributed by atoms with Gasteiger partial charge < -0.3 is 15.4 Å². The van der Waals surface area contributed by atoms with Gasteiger partial charge in [0, 0.05) is 16.5 Å². The monoisotopic (exact) mass is 436 g/mol. The van der Waals surface area contributed by atoms with E-state index in [2.05, 4.69) is 21.7 Å². The van der Waals surface area contributed by atoms with E-state index in [1.165, 1.54) is 14.0 Å². The molecule has 0 saturated heterocycles. The number of rotatable bonds is 5. The van der Waals surface area contributed by atoms with Crippen molar-refractivity contribution in [3.8, 4) is 17.1 Å². The maximum absolute atomic E-state index is 13.1. The zero-order valence-corrected chi connectivity index (χ0v) is 18.3. The van der Waals surface area contributed by atoms with E-state index >= 15 is 0 Å². The number of nitrogens with zero attached hydrogens (tertiary/aromatic N) is 3. The first-order valence-electron chi connectivity index (χ1n) is 9.65. The van der Waals surface area contributed by atoms with Gasteiger partial charge >= 0.3 is 5.69 Å². The van der Waals surface area contributed by atoms with Crippen LogP contribution < -0.4 is 15.5 Å². The number of hydrogen-bond donors (Lipinski definition) is 1. The smallest absolute Gasteiger partial charge is 0.305 e. The van der Waals surface area contributed by atoms with Crippen molar-refractivity contribution in [3.63, 3.8) is 0 Å². The summed E-state index contributed by atoms with van der Waals surface area (Å²) in [4.78, 5) is 30.9. The lowest BCUT2D eigenvalue weighted by atomic mass is 9.92. The first-order valence-corrected chi connectivity index (χ1v) is 10.5. The predicted octanol–water partition coefficient (Wildman–Crippen LogP) is 2.74. The number of carbonyl (C=O) groups excluding carboxylic acids is 2. The Bertz CT molecular complexity index is 1330. The molecular formula is C22H20N4O4S. The lowest BCUT2D eigenvalue weighted by Crippen LogP contribution is -2.37. The molecule has 0 atom stereocenters. The van der Waals surface area contributed by atoms with Gasteiger partial charge in [-0.1, -0.05) is 35.9 Å². The van der Waals surface area contributed by atoms with Crippen LogP contribution in [0.1, 0.15) is 50.8 Å². The third-order valence-corrected chi connectivity index (χ3v) is 6.34. The highest BCUT2D eigenvalue weighted by Crippen LogP contribution is 2.43. The summed E-state index contributed by atoms with van der Waals surface area (Å²) in [5, 5.41) is 16.0. The molecule has 31 heavy (non-hydrogen) atoms. The van der Waals surface area contributed by atoms with E-state index in [0.29, 0.717) is 27.0 Å². The van der Waals surface area contributed by atoms with Crippen LogP contribution in [0.15, 0.2) is 28.8 Å². The Kier molecular flexibility index (Phi) is 5.06. The van der Waals surface area contributed by atoms with Gasteiger partial charge in [0.25, 0.3) is 5.78 Å². The summed E-state index contributed by atoms with van der Waals surface area (Å²) in [6.45, 7) is 5.30. The fourth-order valence-corrected chi connectivity index (χ4v) is 4.81. The number of carbonyl (C=O) groups is 2. The summed E-state index contributed by atoms with van der Waals surface area (Å²) >= 11 is 1.08. The second-order valence-corrected chi connectivity index (χ2v) is 8.24. The molecule has 8 nitrogen and oxygen atoms in total. The minimum absolute atomic E-state index is 0.146. The molecule has 0 fully saturated rings. The third kappa shape index (κ3) is 3.27. The molecule has 3 aromatic heterocycles. The van der Waals surface area contributed by atoms with Crippen LogP contribution in [0.2, 0.25) is 0 Å². The molecule has 0 amide bonds. The number of pyridine rings is 1. The number of Topliss-reactive ketones (excluding diaryl/α,β-unsaturated/α-hetero) is 1. The van der Waals surface area contributed by atoms with Crippen molar-refractivity contribution in [2.75, 3.05) is 5.73 Å². The Balaban J connectivity index is 2.04. The highest BCUT2D eigenvalue weighted by Gasteiger charge is 2.31. The molecule has 4 rings (SSSR count). The number of hydrogen-bond acceptors (Lipinski definition) is 8. The highest BCUT2D eigenvalue weighted by atomic mass is 32.1. The minimum atomic E-state index is -0.840. The fourth-order valence-electron chi connectivity index (χ4n) is 3.72. The van der Waals surface area contributed by atoms with E-state index in [1.807, 2.05) is 24.3 Å². The van der Waals surface area contributed by atoms with Gasteiger partial charge in [-0.05, 0) is 31.4 Å². The van der Waals surface area contributed by atoms with Gasteiger partial charge in [0.2, 0.25) is 0 Å². The van der Waals surface area contributed by atoms with Gasteiger partial charge in [-0.3, -0.25) is 9.59 Å². The van der Waals surface area contributed by atoms with Gasteiger partial charge in [-0.2, -0.15) is 0 Å². The third-order valence-electron chi connectivity index (χ3n) is 5.25. The number of anilines is 1. The molecule has 158 valence electrons. The molecule has 4 aromatic rings. The van der Waals surface area contributed by atoms with Crippen molar-refractivity contribution in [2.24, 2.45) is 7.05 Å². The van der Waals surface area contributed by atoms with Gasteiger partial charge in [0.1, 0.15) is 9.71 Å². The number of aryl methyl sites for hydroxylation is 3. The molecule has 0 aliphatic carbocycles. The summed E-state index contributed by atoms with van der Waals surface area (Å²) < 4.78 is 5.66. The SMILES string of the molecule is CCc1ccc(-c2c(C(C)=O)c(C)nc3sc(C(=O)c4c([O-])on[n+]4C)c(N)c23)cc1. The van der Waals surface area contributed by atoms with E-state index in [9.17, 15) is 14.7 Å². The molecule has 9 heteroatoms. The lowest BCUT2D eigenvalue weighted by Gasteiger charge is -2.13. The van der Waals surface area contributed by atoms with Crippen LogP contribution in [-0.2, 0) is 13.5 Å². The van der Waals surface area contributed by atoms with Crippen LogP contribution in [0.3, 0.4) is 0 Å². The molecule has 0 aliphatic rings. The van der Waals surface area contributed by atoms with Crippen LogP contribution in [0.5, 0.6) is 5.95 Å². The molecule has 1 aromatic carbocycles. The predicted molar refractivity (Wildman–Crippen MR) is 114 cm³/mol. The summed E-state index contributed by atoms with van der Waals surface area (Å²) in [6, 6.07) is 7.87. The molecule has 0 spiro atoms. The molecule has 0 unspecified atom stereocenters. The quantitative estimate of drug-likeness (QED) is 0.376. The van der Waals surface area contributed by atoms with Crippen LogP contribution in [0.4, 0.5) is 5.69 Å². The number of benzene rings is 1. The normalized spacial score (nSPS) is 11.2.